The minimum absolute atomic E-state index is 0.0375. The third-order valence-corrected chi connectivity index (χ3v) is 6.29. The average molecular weight is 418 g/mol. The fourth-order valence-corrected chi connectivity index (χ4v) is 4.83. The second-order valence-electron chi connectivity index (χ2n) is 7.78. The molecule has 1 amide bonds. The van der Waals surface area contributed by atoms with E-state index in [-0.39, 0.29) is 18.5 Å². The van der Waals surface area contributed by atoms with Crippen molar-refractivity contribution in [3.8, 4) is 0 Å². The molecule has 0 spiro atoms. The number of rotatable bonds is 6. The Bertz CT molecular complexity index is 813. The van der Waals surface area contributed by atoms with E-state index < -0.39 is 0 Å². The molecule has 2 bridgehead atoms. The van der Waals surface area contributed by atoms with Crippen molar-refractivity contribution in [3.05, 3.63) is 64.1 Å². The van der Waals surface area contributed by atoms with E-state index in [1.165, 1.54) is 18.4 Å². The number of anilines is 1. The molecule has 4 nitrogen and oxygen atoms in total. The molecule has 2 unspecified atom stereocenters. The van der Waals surface area contributed by atoms with E-state index in [0.717, 1.165) is 30.1 Å². The Kier molecular flexibility index (Phi) is 6.10. The standard InChI is InChI=1S/C22H25Cl2N3O/c23-16-6-4-15(5-7-16)14-27-20-8-9-21(27)12-19(11-20)26-22(28)13-25-18-3-1-2-17(24)10-18/h1-7,10,19-21,25H,8-9,11-14H2,(H,26,28). The first-order valence-corrected chi connectivity index (χ1v) is 10.6. The van der Waals surface area contributed by atoms with Crippen molar-refractivity contribution in [3.63, 3.8) is 0 Å². The molecule has 0 aliphatic carbocycles. The number of hydrogen-bond acceptors (Lipinski definition) is 3. The number of nitrogens with one attached hydrogen (secondary N) is 2. The second-order valence-corrected chi connectivity index (χ2v) is 8.66. The minimum Gasteiger partial charge on any atom is -0.376 e. The van der Waals surface area contributed by atoms with E-state index >= 15 is 0 Å². The monoisotopic (exact) mass is 417 g/mol. The molecule has 0 radical (unpaired) electrons. The molecule has 2 aliphatic heterocycles. The molecule has 6 heteroatoms. The maximum atomic E-state index is 12.4. The molecule has 2 saturated heterocycles. The molecule has 4 rings (SSSR count). The Labute approximate surface area is 176 Å². The fraction of sp³-hybridized carbons (Fsp3) is 0.409. The summed E-state index contributed by atoms with van der Waals surface area (Å²) in [6.07, 6.45) is 4.47. The van der Waals surface area contributed by atoms with Gasteiger partial charge in [-0.05, 0) is 61.6 Å². The van der Waals surface area contributed by atoms with Gasteiger partial charge in [-0.1, -0.05) is 41.4 Å². The van der Waals surface area contributed by atoms with E-state index in [9.17, 15) is 4.79 Å². The topological polar surface area (TPSA) is 44.4 Å². The fourth-order valence-electron chi connectivity index (χ4n) is 4.51. The largest absolute Gasteiger partial charge is 0.376 e. The third-order valence-electron chi connectivity index (χ3n) is 5.81. The van der Waals surface area contributed by atoms with Crippen molar-refractivity contribution < 1.29 is 4.79 Å². The summed E-state index contributed by atoms with van der Waals surface area (Å²) in [6, 6.07) is 16.9. The van der Waals surface area contributed by atoms with Crippen molar-refractivity contribution in [2.75, 3.05) is 11.9 Å². The molecule has 2 N–H and O–H groups in total. The molecule has 28 heavy (non-hydrogen) atoms. The Morgan fingerprint density at radius 2 is 1.71 bits per heavy atom. The normalized spacial score (nSPS) is 24.1. The van der Waals surface area contributed by atoms with E-state index in [4.69, 9.17) is 23.2 Å². The van der Waals surface area contributed by atoms with Gasteiger partial charge in [-0.2, -0.15) is 0 Å². The number of hydrogen-bond donors (Lipinski definition) is 2. The molecule has 0 saturated carbocycles. The van der Waals surface area contributed by atoms with Crippen LogP contribution in [0, 0.1) is 0 Å². The van der Waals surface area contributed by atoms with Crippen molar-refractivity contribution in [2.45, 2.75) is 50.4 Å². The van der Waals surface area contributed by atoms with Gasteiger partial charge in [-0.25, -0.2) is 0 Å². The molecule has 2 fully saturated rings. The average Bonchev–Trinajstić information content (AvgIpc) is 2.90. The number of piperidine rings is 1. The summed E-state index contributed by atoms with van der Waals surface area (Å²) in [6.45, 7) is 1.23. The number of carbonyl (C=O) groups excluding carboxylic acids is 1. The lowest BCUT2D eigenvalue weighted by atomic mass is 9.96. The SMILES string of the molecule is O=C(CNc1cccc(Cl)c1)NC1CC2CCC(C1)N2Cc1ccc(Cl)cc1. The highest BCUT2D eigenvalue weighted by molar-refractivity contribution is 6.31. The number of fused-ring (bicyclic) bond motifs is 2. The summed E-state index contributed by atoms with van der Waals surface area (Å²) in [4.78, 5) is 15.0. The molecular formula is C22H25Cl2N3O. The Balaban J connectivity index is 1.28. The highest BCUT2D eigenvalue weighted by atomic mass is 35.5. The summed E-state index contributed by atoms with van der Waals surface area (Å²) in [5, 5.41) is 7.80. The predicted octanol–water partition coefficient (Wildman–Crippen LogP) is 4.72. The molecule has 0 aromatic heterocycles. The third kappa shape index (κ3) is 4.80. The maximum Gasteiger partial charge on any atom is 0.239 e. The Hall–Kier alpha value is -1.75. The van der Waals surface area contributed by atoms with Gasteiger partial charge in [0.2, 0.25) is 5.91 Å². The van der Waals surface area contributed by atoms with E-state index in [1.807, 2.05) is 36.4 Å². The predicted molar refractivity (Wildman–Crippen MR) is 115 cm³/mol. The molecular weight excluding hydrogens is 393 g/mol. The lowest BCUT2D eigenvalue weighted by molar-refractivity contribution is -0.120. The van der Waals surface area contributed by atoms with Crippen LogP contribution in [-0.4, -0.2) is 35.5 Å². The van der Waals surface area contributed by atoms with Crippen LogP contribution in [0.1, 0.15) is 31.2 Å². The summed E-state index contributed by atoms with van der Waals surface area (Å²) in [5.74, 6) is 0.0375. The van der Waals surface area contributed by atoms with Crippen LogP contribution < -0.4 is 10.6 Å². The molecule has 148 valence electrons. The summed E-state index contributed by atoms with van der Waals surface area (Å²) < 4.78 is 0. The summed E-state index contributed by atoms with van der Waals surface area (Å²) >= 11 is 12.0. The number of amides is 1. The van der Waals surface area contributed by atoms with Crippen LogP contribution in [-0.2, 0) is 11.3 Å². The first-order chi connectivity index (χ1) is 13.6. The smallest absolute Gasteiger partial charge is 0.239 e. The highest BCUT2D eigenvalue weighted by Gasteiger charge is 2.40. The Morgan fingerprint density at radius 1 is 1.00 bits per heavy atom. The first kappa shape index (κ1) is 19.6. The molecule has 2 aromatic rings. The van der Waals surface area contributed by atoms with Gasteiger partial charge < -0.3 is 10.6 Å². The van der Waals surface area contributed by atoms with Crippen molar-refractivity contribution >= 4 is 34.8 Å². The van der Waals surface area contributed by atoms with Gasteiger partial charge in [0.1, 0.15) is 0 Å². The second kappa shape index (κ2) is 8.73. The van der Waals surface area contributed by atoms with Gasteiger partial charge in [0.25, 0.3) is 0 Å². The quantitative estimate of drug-likeness (QED) is 0.714. The van der Waals surface area contributed by atoms with E-state index in [0.29, 0.717) is 17.1 Å². The summed E-state index contributed by atoms with van der Waals surface area (Å²) in [5.41, 5.74) is 2.16. The van der Waals surface area contributed by atoms with Gasteiger partial charge in [0.15, 0.2) is 0 Å². The maximum absolute atomic E-state index is 12.4. The lowest BCUT2D eigenvalue weighted by Crippen LogP contribution is -2.50. The zero-order chi connectivity index (χ0) is 19.5. The van der Waals surface area contributed by atoms with Gasteiger partial charge >= 0.3 is 0 Å². The molecule has 2 heterocycles. The van der Waals surface area contributed by atoms with Gasteiger partial charge in [-0.3, -0.25) is 9.69 Å². The van der Waals surface area contributed by atoms with Crippen LogP contribution in [0.2, 0.25) is 10.0 Å². The zero-order valence-electron chi connectivity index (χ0n) is 15.7. The number of benzene rings is 2. The highest BCUT2D eigenvalue weighted by Crippen LogP contribution is 2.37. The first-order valence-electron chi connectivity index (χ1n) is 9.86. The summed E-state index contributed by atoms with van der Waals surface area (Å²) in [7, 11) is 0. The minimum atomic E-state index is 0.0375. The van der Waals surface area contributed by atoms with Gasteiger partial charge in [-0.15, -0.1) is 0 Å². The van der Waals surface area contributed by atoms with Crippen LogP contribution in [0.5, 0.6) is 0 Å². The van der Waals surface area contributed by atoms with Crippen LogP contribution >= 0.6 is 23.2 Å². The van der Waals surface area contributed by atoms with Crippen LogP contribution in [0.15, 0.2) is 48.5 Å². The number of halogens is 2. The van der Waals surface area contributed by atoms with Crippen LogP contribution in [0.25, 0.3) is 0 Å². The van der Waals surface area contributed by atoms with Crippen molar-refractivity contribution in [2.24, 2.45) is 0 Å². The number of carbonyl (C=O) groups is 1. The number of nitrogens with zero attached hydrogens (tertiary/aromatic N) is 1. The van der Waals surface area contributed by atoms with Gasteiger partial charge in [0.05, 0.1) is 6.54 Å². The lowest BCUT2D eigenvalue weighted by Gasteiger charge is -2.39. The van der Waals surface area contributed by atoms with Crippen molar-refractivity contribution in [1.82, 2.24) is 10.2 Å². The zero-order valence-corrected chi connectivity index (χ0v) is 17.2. The van der Waals surface area contributed by atoms with E-state index in [2.05, 4.69) is 27.7 Å². The molecule has 2 aliphatic rings. The van der Waals surface area contributed by atoms with Crippen molar-refractivity contribution in [1.29, 1.82) is 0 Å². The van der Waals surface area contributed by atoms with Crippen LogP contribution in [0.3, 0.4) is 0 Å². The molecule has 2 aromatic carbocycles. The Morgan fingerprint density at radius 3 is 2.39 bits per heavy atom. The van der Waals surface area contributed by atoms with Crippen LogP contribution in [0.4, 0.5) is 5.69 Å². The molecule has 2 atom stereocenters. The van der Waals surface area contributed by atoms with Gasteiger partial charge in [0, 0.05) is 40.4 Å². The van der Waals surface area contributed by atoms with E-state index in [1.54, 1.807) is 0 Å².